The summed E-state index contributed by atoms with van der Waals surface area (Å²) in [6, 6.07) is 9.19. The Balaban J connectivity index is 2.88. The zero-order valence-corrected chi connectivity index (χ0v) is 10.3. The standard InChI is InChI=1S/C14H17NO2/c1-3-4-5-13(14(16)17-2)12-8-6-11(10-15)7-9-12/h6-9,13H,3-5H2,1-2H3. The molecule has 0 amide bonds. The third-order valence-corrected chi connectivity index (χ3v) is 2.77. The third-order valence-electron chi connectivity index (χ3n) is 2.77. The third kappa shape index (κ3) is 3.60. The maximum atomic E-state index is 11.7. The number of methoxy groups -OCH3 is 1. The number of nitriles is 1. The lowest BCUT2D eigenvalue weighted by Gasteiger charge is -2.14. The van der Waals surface area contributed by atoms with E-state index in [2.05, 4.69) is 13.0 Å². The molecule has 0 saturated carbocycles. The number of hydrogen-bond donors (Lipinski definition) is 0. The molecule has 0 spiro atoms. The van der Waals surface area contributed by atoms with Crippen molar-refractivity contribution in [3.63, 3.8) is 0 Å². The second-order valence-electron chi connectivity index (χ2n) is 3.95. The predicted octanol–water partition coefficient (Wildman–Crippen LogP) is 3.01. The van der Waals surface area contributed by atoms with Crippen LogP contribution in [0.5, 0.6) is 0 Å². The van der Waals surface area contributed by atoms with E-state index in [9.17, 15) is 4.79 Å². The van der Waals surface area contributed by atoms with Crippen LogP contribution in [0, 0.1) is 11.3 Å². The number of carbonyl (C=O) groups is 1. The second-order valence-corrected chi connectivity index (χ2v) is 3.95. The van der Waals surface area contributed by atoms with Crippen LogP contribution in [0.15, 0.2) is 24.3 Å². The van der Waals surface area contributed by atoms with Crippen molar-refractivity contribution in [3.05, 3.63) is 35.4 Å². The van der Waals surface area contributed by atoms with E-state index >= 15 is 0 Å². The van der Waals surface area contributed by atoms with E-state index in [4.69, 9.17) is 10.00 Å². The molecule has 3 nitrogen and oxygen atoms in total. The maximum absolute atomic E-state index is 11.7. The minimum atomic E-state index is -0.215. The number of unbranched alkanes of at least 4 members (excludes halogenated alkanes) is 1. The molecule has 0 heterocycles. The summed E-state index contributed by atoms with van der Waals surface area (Å²) in [6.07, 6.45) is 2.82. The van der Waals surface area contributed by atoms with E-state index < -0.39 is 0 Å². The van der Waals surface area contributed by atoms with Crippen LogP contribution in [0.1, 0.15) is 43.2 Å². The summed E-state index contributed by atoms with van der Waals surface area (Å²) in [5, 5.41) is 8.72. The maximum Gasteiger partial charge on any atom is 0.313 e. The SMILES string of the molecule is CCCCC(C(=O)OC)c1ccc(C#N)cc1. The second kappa shape index (κ2) is 6.70. The van der Waals surface area contributed by atoms with Gasteiger partial charge in [0.1, 0.15) is 0 Å². The van der Waals surface area contributed by atoms with Gasteiger partial charge in [-0.3, -0.25) is 4.79 Å². The summed E-state index contributed by atoms with van der Waals surface area (Å²) in [7, 11) is 1.41. The fraction of sp³-hybridized carbons (Fsp3) is 0.429. The summed E-state index contributed by atoms with van der Waals surface area (Å²) >= 11 is 0. The molecule has 1 unspecified atom stereocenters. The van der Waals surface area contributed by atoms with Crippen molar-refractivity contribution in [3.8, 4) is 6.07 Å². The lowest BCUT2D eigenvalue weighted by molar-refractivity contribution is -0.142. The van der Waals surface area contributed by atoms with Gasteiger partial charge in [-0.25, -0.2) is 0 Å². The Bertz CT molecular complexity index is 403. The highest BCUT2D eigenvalue weighted by molar-refractivity contribution is 5.78. The molecule has 3 heteroatoms. The Morgan fingerprint density at radius 1 is 1.41 bits per heavy atom. The van der Waals surface area contributed by atoms with E-state index in [1.165, 1.54) is 7.11 Å². The van der Waals surface area contributed by atoms with Gasteiger partial charge in [0, 0.05) is 0 Å². The lowest BCUT2D eigenvalue weighted by atomic mass is 9.93. The molecule has 1 atom stereocenters. The number of rotatable bonds is 5. The summed E-state index contributed by atoms with van der Waals surface area (Å²) < 4.78 is 4.82. The van der Waals surface area contributed by atoms with E-state index in [1.54, 1.807) is 12.1 Å². The molecule has 0 radical (unpaired) electrons. The number of esters is 1. The number of nitrogens with zero attached hydrogens (tertiary/aromatic N) is 1. The first kappa shape index (κ1) is 13.2. The van der Waals surface area contributed by atoms with Gasteiger partial charge in [0.25, 0.3) is 0 Å². The Morgan fingerprint density at radius 2 is 2.06 bits per heavy atom. The van der Waals surface area contributed by atoms with Crippen molar-refractivity contribution in [1.82, 2.24) is 0 Å². The molecule has 90 valence electrons. The number of ether oxygens (including phenoxy) is 1. The predicted molar refractivity (Wildman–Crippen MR) is 65.4 cm³/mol. The molecule has 17 heavy (non-hydrogen) atoms. The molecular formula is C14H17NO2. The van der Waals surface area contributed by atoms with Gasteiger partial charge >= 0.3 is 5.97 Å². The lowest BCUT2D eigenvalue weighted by Crippen LogP contribution is -2.14. The Hall–Kier alpha value is -1.82. The monoisotopic (exact) mass is 231 g/mol. The van der Waals surface area contributed by atoms with Gasteiger partial charge in [-0.2, -0.15) is 5.26 Å². The van der Waals surface area contributed by atoms with Crippen LogP contribution >= 0.6 is 0 Å². The van der Waals surface area contributed by atoms with Crippen molar-refractivity contribution >= 4 is 5.97 Å². The van der Waals surface area contributed by atoms with E-state index in [0.29, 0.717) is 5.56 Å². The normalized spacial score (nSPS) is 11.6. The molecule has 0 aromatic heterocycles. The molecule has 0 aliphatic heterocycles. The van der Waals surface area contributed by atoms with Gasteiger partial charge in [-0.15, -0.1) is 0 Å². The molecule has 1 rings (SSSR count). The summed E-state index contributed by atoms with van der Waals surface area (Å²) in [5.41, 5.74) is 1.53. The molecule has 0 saturated heterocycles. The van der Waals surface area contributed by atoms with Crippen LogP contribution in [0.25, 0.3) is 0 Å². The zero-order valence-electron chi connectivity index (χ0n) is 10.3. The summed E-state index contributed by atoms with van der Waals surface area (Å²) in [6.45, 7) is 2.09. The number of carbonyl (C=O) groups excluding carboxylic acids is 1. The van der Waals surface area contributed by atoms with Crippen LogP contribution in [0.3, 0.4) is 0 Å². The van der Waals surface area contributed by atoms with Crippen molar-refractivity contribution in [1.29, 1.82) is 5.26 Å². The highest BCUT2D eigenvalue weighted by Crippen LogP contribution is 2.23. The van der Waals surface area contributed by atoms with Crippen LogP contribution in [-0.2, 0) is 9.53 Å². The quantitative estimate of drug-likeness (QED) is 0.732. The number of benzene rings is 1. The molecule has 0 N–H and O–H groups in total. The Labute approximate surface area is 102 Å². The zero-order chi connectivity index (χ0) is 12.7. The topological polar surface area (TPSA) is 50.1 Å². The van der Waals surface area contributed by atoms with E-state index in [-0.39, 0.29) is 11.9 Å². The van der Waals surface area contributed by atoms with Gasteiger partial charge in [0.15, 0.2) is 0 Å². The van der Waals surface area contributed by atoms with Crippen LogP contribution in [-0.4, -0.2) is 13.1 Å². The molecule has 0 aliphatic rings. The van der Waals surface area contributed by atoms with Gasteiger partial charge < -0.3 is 4.74 Å². The first-order chi connectivity index (χ1) is 8.22. The summed E-state index contributed by atoms with van der Waals surface area (Å²) in [5.74, 6) is -0.421. The van der Waals surface area contributed by atoms with Crippen molar-refractivity contribution in [2.24, 2.45) is 0 Å². The van der Waals surface area contributed by atoms with Crippen molar-refractivity contribution in [2.45, 2.75) is 32.1 Å². The minimum Gasteiger partial charge on any atom is -0.469 e. The van der Waals surface area contributed by atoms with Gasteiger partial charge in [-0.1, -0.05) is 31.9 Å². The average Bonchev–Trinajstić information content (AvgIpc) is 2.39. The van der Waals surface area contributed by atoms with Crippen LogP contribution < -0.4 is 0 Å². The molecular weight excluding hydrogens is 214 g/mol. The smallest absolute Gasteiger partial charge is 0.313 e. The molecule has 1 aromatic rings. The van der Waals surface area contributed by atoms with Gasteiger partial charge in [0.2, 0.25) is 0 Å². The largest absolute Gasteiger partial charge is 0.469 e. The number of hydrogen-bond acceptors (Lipinski definition) is 3. The van der Waals surface area contributed by atoms with Crippen molar-refractivity contribution in [2.75, 3.05) is 7.11 Å². The highest BCUT2D eigenvalue weighted by Gasteiger charge is 2.20. The van der Waals surface area contributed by atoms with Crippen molar-refractivity contribution < 1.29 is 9.53 Å². The van der Waals surface area contributed by atoms with E-state index in [1.807, 2.05) is 12.1 Å². The molecule has 0 bridgehead atoms. The first-order valence-electron chi connectivity index (χ1n) is 5.80. The van der Waals surface area contributed by atoms with Crippen LogP contribution in [0.4, 0.5) is 0 Å². The average molecular weight is 231 g/mol. The molecule has 1 aromatic carbocycles. The molecule has 0 fully saturated rings. The van der Waals surface area contributed by atoms with Gasteiger partial charge in [-0.05, 0) is 24.1 Å². The fourth-order valence-corrected chi connectivity index (χ4v) is 1.76. The minimum absolute atomic E-state index is 0.205. The Kier molecular flexibility index (Phi) is 5.22. The fourth-order valence-electron chi connectivity index (χ4n) is 1.76. The Morgan fingerprint density at radius 3 is 2.53 bits per heavy atom. The summed E-state index contributed by atoms with van der Waals surface area (Å²) in [4.78, 5) is 11.7. The van der Waals surface area contributed by atoms with Crippen LogP contribution in [0.2, 0.25) is 0 Å². The molecule has 0 aliphatic carbocycles. The van der Waals surface area contributed by atoms with Gasteiger partial charge in [0.05, 0.1) is 24.7 Å². The highest BCUT2D eigenvalue weighted by atomic mass is 16.5. The first-order valence-corrected chi connectivity index (χ1v) is 5.80. The van der Waals surface area contributed by atoms with E-state index in [0.717, 1.165) is 24.8 Å².